The van der Waals surface area contributed by atoms with Crippen LogP contribution in [0, 0.1) is 0 Å². The van der Waals surface area contributed by atoms with Crippen molar-refractivity contribution < 1.29 is 4.79 Å². The molecular formula is C16H24N4O. The number of aromatic nitrogens is 2. The summed E-state index contributed by atoms with van der Waals surface area (Å²) in [6, 6.07) is 5.42. The Morgan fingerprint density at radius 1 is 1.43 bits per heavy atom. The number of anilines is 1. The lowest BCUT2D eigenvalue weighted by Gasteiger charge is -2.22. The van der Waals surface area contributed by atoms with Crippen molar-refractivity contribution in [3.05, 3.63) is 24.0 Å². The van der Waals surface area contributed by atoms with Crippen LogP contribution < -0.4 is 5.73 Å². The van der Waals surface area contributed by atoms with Crippen LogP contribution in [0.15, 0.2) is 18.2 Å². The van der Waals surface area contributed by atoms with Gasteiger partial charge in [-0.05, 0) is 38.5 Å². The predicted octanol–water partition coefficient (Wildman–Crippen LogP) is 2.61. The highest BCUT2D eigenvalue weighted by Crippen LogP contribution is 2.25. The van der Waals surface area contributed by atoms with Crippen LogP contribution in [-0.2, 0) is 11.2 Å². The third-order valence-electron chi connectivity index (χ3n) is 3.86. The molecule has 0 saturated heterocycles. The van der Waals surface area contributed by atoms with E-state index in [0.717, 1.165) is 29.7 Å². The summed E-state index contributed by atoms with van der Waals surface area (Å²) in [7, 11) is 1.83. The Labute approximate surface area is 125 Å². The lowest BCUT2D eigenvalue weighted by molar-refractivity contribution is -0.132. The van der Waals surface area contributed by atoms with Crippen LogP contribution in [0.5, 0.6) is 0 Å². The van der Waals surface area contributed by atoms with Crippen molar-refractivity contribution in [2.24, 2.45) is 0 Å². The number of aryl methyl sites for hydroxylation is 1. The predicted molar refractivity (Wildman–Crippen MR) is 86.2 cm³/mol. The number of imidazole rings is 1. The summed E-state index contributed by atoms with van der Waals surface area (Å²) in [5.74, 6) is 1.05. The molecule has 2 aromatic rings. The van der Waals surface area contributed by atoms with Gasteiger partial charge in [0, 0.05) is 25.7 Å². The molecule has 1 heterocycles. The van der Waals surface area contributed by atoms with Gasteiger partial charge in [0.05, 0.1) is 11.0 Å². The molecule has 0 saturated carbocycles. The van der Waals surface area contributed by atoms with E-state index in [1.165, 1.54) is 0 Å². The maximum atomic E-state index is 12.5. The van der Waals surface area contributed by atoms with Gasteiger partial charge in [0.1, 0.15) is 11.9 Å². The van der Waals surface area contributed by atoms with E-state index in [0.29, 0.717) is 12.2 Å². The SMILES string of the molecule is CCCc1nc2cc(N)ccc2n1C(C)C(=O)N(C)CC. The summed E-state index contributed by atoms with van der Waals surface area (Å²) >= 11 is 0. The second-order valence-corrected chi connectivity index (χ2v) is 5.42. The molecule has 5 heteroatoms. The number of nitrogen functional groups attached to an aromatic ring is 1. The molecule has 0 aliphatic heterocycles. The Balaban J connectivity index is 2.54. The van der Waals surface area contributed by atoms with Gasteiger partial charge < -0.3 is 15.2 Å². The molecule has 2 N–H and O–H groups in total. The zero-order chi connectivity index (χ0) is 15.6. The van der Waals surface area contributed by atoms with Gasteiger partial charge in [-0.25, -0.2) is 4.98 Å². The monoisotopic (exact) mass is 288 g/mol. The Morgan fingerprint density at radius 2 is 2.14 bits per heavy atom. The minimum atomic E-state index is -0.259. The molecule has 0 aliphatic carbocycles. The van der Waals surface area contributed by atoms with E-state index in [4.69, 9.17) is 5.73 Å². The Bertz CT molecular complexity index is 647. The van der Waals surface area contributed by atoms with Crippen LogP contribution in [0.25, 0.3) is 11.0 Å². The van der Waals surface area contributed by atoms with E-state index in [1.54, 1.807) is 4.90 Å². The highest BCUT2D eigenvalue weighted by Gasteiger charge is 2.23. The number of likely N-dealkylation sites (N-methyl/N-ethyl adjacent to an activating group) is 1. The molecule has 0 fully saturated rings. The third kappa shape index (κ3) is 2.86. The molecule has 1 amide bonds. The van der Waals surface area contributed by atoms with Gasteiger partial charge in [-0.3, -0.25) is 4.79 Å². The number of fused-ring (bicyclic) bond motifs is 1. The van der Waals surface area contributed by atoms with Gasteiger partial charge in [-0.15, -0.1) is 0 Å². The third-order valence-corrected chi connectivity index (χ3v) is 3.86. The van der Waals surface area contributed by atoms with E-state index in [-0.39, 0.29) is 11.9 Å². The molecule has 1 atom stereocenters. The minimum Gasteiger partial charge on any atom is -0.399 e. The highest BCUT2D eigenvalue weighted by molar-refractivity contribution is 5.85. The maximum absolute atomic E-state index is 12.5. The summed E-state index contributed by atoms with van der Waals surface area (Å²) in [5.41, 5.74) is 8.36. The Morgan fingerprint density at radius 3 is 2.76 bits per heavy atom. The fourth-order valence-corrected chi connectivity index (χ4v) is 2.58. The molecule has 21 heavy (non-hydrogen) atoms. The van der Waals surface area contributed by atoms with Crippen molar-refractivity contribution in [1.82, 2.24) is 14.5 Å². The van der Waals surface area contributed by atoms with E-state index < -0.39 is 0 Å². The number of hydrogen-bond donors (Lipinski definition) is 1. The van der Waals surface area contributed by atoms with Gasteiger partial charge in [-0.1, -0.05) is 6.92 Å². The molecule has 1 aromatic heterocycles. The van der Waals surface area contributed by atoms with Crippen LogP contribution in [-0.4, -0.2) is 34.0 Å². The first kappa shape index (κ1) is 15.4. The number of benzene rings is 1. The van der Waals surface area contributed by atoms with Crippen LogP contribution >= 0.6 is 0 Å². The largest absolute Gasteiger partial charge is 0.399 e. The lowest BCUT2D eigenvalue weighted by Crippen LogP contribution is -2.33. The summed E-state index contributed by atoms with van der Waals surface area (Å²) in [5, 5.41) is 0. The molecule has 0 bridgehead atoms. The number of hydrogen-bond acceptors (Lipinski definition) is 3. The van der Waals surface area contributed by atoms with Crippen LogP contribution in [0.3, 0.4) is 0 Å². The second-order valence-electron chi connectivity index (χ2n) is 5.42. The van der Waals surface area contributed by atoms with Crippen molar-refractivity contribution in [2.75, 3.05) is 19.3 Å². The smallest absolute Gasteiger partial charge is 0.245 e. The molecular weight excluding hydrogens is 264 g/mol. The molecule has 2 rings (SSSR count). The van der Waals surface area contributed by atoms with Crippen LogP contribution in [0.4, 0.5) is 5.69 Å². The molecule has 114 valence electrons. The number of rotatable bonds is 5. The van der Waals surface area contributed by atoms with Crippen molar-refractivity contribution >= 4 is 22.6 Å². The van der Waals surface area contributed by atoms with Crippen molar-refractivity contribution in [3.8, 4) is 0 Å². The van der Waals surface area contributed by atoms with Crippen molar-refractivity contribution in [3.63, 3.8) is 0 Å². The molecule has 0 spiro atoms. The zero-order valence-corrected chi connectivity index (χ0v) is 13.3. The lowest BCUT2D eigenvalue weighted by atomic mass is 10.2. The number of nitrogens with zero attached hydrogens (tertiary/aromatic N) is 3. The number of amides is 1. The van der Waals surface area contributed by atoms with E-state index >= 15 is 0 Å². The standard InChI is InChI=1S/C16H24N4O/c1-5-7-15-18-13-10-12(17)8-9-14(13)20(15)11(3)16(21)19(4)6-2/h8-11H,5-7,17H2,1-4H3. The zero-order valence-electron chi connectivity index (χ0n) is 13.3. The van der Waals surface area contributed by atoms with Crippen molar-refractivity contribution in [2.45, 2.75) is 39.7 Å². The molecule has 5 nitrogen and oxygen atoms in total. The average Bonchev–Trinajstić information content (AvgIpc) is 2.82. The van der Waals surface area contributed by atoms with Gasteiger partial charge in [0.15, 0.2) is 0 Å². The van der Waals surface area contributed by atoms with E-state index in [9.17, 15) is 4.79 Å². The molecule has 1 unspecified atom stereocenters. The normalized spacial score (nSPS) is 12.6. The van der Waals surface area contributed by atoms with Gasteiger partial charge in [-0.2, -0.15) is 0 Å². The summed E-state index contributed by atoms with van der Waals surface area (Å²) in [6.45, 7) is 6.73. The minimum absolute atomic E-state index is 0.103. The van der Waals surface area contributed by atoms with E-state index in [1.807, 2.05) is 43.7 Å². The Kier molecular flexibility index (Phi) is 4.50. The first-order valence-electron chi connectivity index (χ1n) is 7.50. The first-order valence-corrected chi connectivity index (χ1v) is 7.50. The average molecular weight is 288 g/mol. The quantitative estimate of drug-likeness (QED) is 0.860. The maximum Gasteiger partial charge on any atom is 0.245 e. The van der Waals surface area contributed by atoms with Gasteiger partial charge >= 0.3 is 0 Å². The fraction of sp³-hybridized carbons (Fsp3) is 0.500. The van der Waals surface area contributed by atoms with Crippen LogP contribution in [0.1, 0.15) is 39.1 Å². The van der Waals surface area contributed by atoms with Crippen molar-refractivity contribution in [1.29, 1.82) is 0 Å². The summed E-state index contributed by atoms with van der Waals surface area (Å²) in [4.78, 5) is 18.9. The second kappa shape index (κ2) is 6.16. The number of carbonyl (C=O) groups excluding carboxylic acids is 1. The Hall–Kier alpha value is -2.04. The molecule has 0 radical (unpaired) electrons. The molecule has 1 aromatic carbocycles. The number of nitrogens with two attached hydrogens (primary N) is 1. The van der Waals surface area contributed by atoms with E-state index in [2.05, 4.69) is 11.9 Å². The fourth-order valence-electron chi connectivity index (χ4n) is 2.58. The molecule has 0 aliphatic rings. The number of carbonyl (C=O) groups is 1. The van der Waals surface area contributed by atoms with Gasteiger partial charge in [0.2, 0.25) is 5.91 Å². The van der Waals surface area contributed by atoms with Gasteiger partial charge in [0.25, 0.3) is 0 Å². The summed E-state index contributed by atoms with van der Waals surface area (Å²) < 4.78 is 2.05. The topological polar surface area (TPSA) is 64.1 Å². The first-order chi connectivity index (χ1) is 9.99. The highest BCUT2D eigenvalue weighted by atomic mass is 16.2. The summed E-state index contributed by atoms with van der Waals surface area (Å²) in [6.07, 6.45) is 1.84. The van der Waals surface area contributed by atoms with Crippen LogP contribution in [0.2, 0.25) is 0 Å².